The average Bonchev–Trinajstić information content (AvgIpc) is 3.31. The Labute approximate surface area is 182 Å². The Bertz CT molecular complexity index is 1300. The van der Waals surface area contributed by atoms with Gasteiger partial charge in [-0.25, -0.2) is 0 Å². The zero-order chi connectivity index (χ0) is 21.8. The first-order chi connectivity index (χ1) is 15.0. The molecule has 1 saturated carbocycles. The van der Waals surface area contributed by atoms with Gasteiger partial charge < -0.3 is 24.5 Å². The molecule has 1 aliphatic rings. The van der Waals surface area contributed by atoms with E-state index in [1.54, 1.807) is 12.1 Å². The van der Waals surface area contributed by atoms with E-state index in [1.165, 1.54) is 13.2 Å². The predicted molar refractivity (Wildman–Crippen MR) is 115 cm³/mol. The van der Waals surface area contributed by atoms with Gasteiger partial charge in [0, 0.05) is 16.4 Å². The molecule has 2 aromatic heterocycles. The standard InChI is InChI=1S/C23H19ClN2O5/c1-30-19-10-18(31-26-19)21(28)20-15-8-14(16(24)9-17(15)25-22(20)29)12-2-4-13(5-3-12)23(11-27)6-7-23/h2-5,8-10,25,27,29H,6-7,11H2,1H3. The number of hydrogen-bond acceptors (Lipinski definition) is 6. The number of carbonyl (C=O) groups is 1. The van der Waals surface area contributed by atoms with E-state index in [-0.39, 0.29) is 35.1 Å². The van der Waals surface area contributed by atoms with Crippen molar-refractivity contribution in [2.45, 2.75) is 18.3 Å². The number of H-pyrrole nitrogens is 1. The fourth-order valence-corrected chi connectivity index (χ4v) is 4.20. The number of aromatic nitrogens is 2. The molecule has 0 bridgehead atoms. The summed E-state index contributed by atoms with van der Waals surface area (Å²) in [5.74, 6) is -0.685. The Hall–Kier alpha value is -3.29. The van der Waals surface area contributed by atoms with E-state index in [0.29, 0.717) is 15.9 Å². The van der Waals surface area contributed by atoms with Gasteiger partial charge in [0.2, 0.25) is 17.4 Å². The summed E-state index contributed by atoms with van der Waals surface area (Å²) in [6.07, 6.45) is 1.96. The van der Waals surface area contributed by atoms with Crippen molar-refractivity contribution in [2.75, 3.05) is 13.7 Å². The summed E-state index contributed by atoms with van der Waals surface area (Å²) >= 11 is 6.52. The molecule has 158 valence electrons. The summed E-state index contributed by atoms with van der Waals surface area (Å²) in [6, 6.07) is 12.7. The van der Waals surface area contributed by atoms with E-state index in [2.05, 4.69) is 10.1 Å². The molecule has 4 aromatic rings. The SMILES string of the molecule is COc1cc(C(=O)c2c(O)[nH]c3cc(Cl)c(-c4ccc(C5(CO)CC5)cc4)cc23)on1. The Kier molecular flexibility index (Phi) is 4.53. The van der Waals surface area contributed by atoms with Gasteiger partial charge in [0.15, 0.2) is 0 Å². The first-order valence-corrected chi connectivity index (χ1v) is 10.1. The number of benzene rings is 2. The normalized spacial score (nSPS) is 14.7. The van der Waals surface area contributed by atoms with Crippen LogP contribution in [0.3, 0.4) is 0 Å². The second kappa shape index (κ2) is 7.14. The number of methoxy groups -OCH3 is 1. The molecule has 0 saturated heterocycles. The van der Waals surface area contributed by atoms with Gasteiger partial charge in [0.25, 0.3) is 5.88 Å². The van der Waals surface area contributed by atoms with Crippen molar-refractivity contribution in [3.8, 4) is 22.9 Å². The van der Waals surface area contributed by atoms with E-state index < -0.39 is 5.78 Å². The highest BCUT2D eigenvalue weighted by molar-refractivity contribution is 6.34. The summed E-state index contributed by atoms with van der Waals surface area (Å²) in [6.45, 7) is 0.138. The number of nitrogens with zero attached hydrogens (tertiary/aromatic N) is 1. The maximum atomic E-state index is 13.0. The predicted octanol–water partition coefficient (Wildman–Crippen LogP) is 4.45. The average molecular weight is 439 g/mol. The Morgan fingerprint density at radius 2 is 2.00 bits per heavy atom. The molecule has 0 atom stereocenters. The molecule has 0 amide bonds. The van der Waals surface area contributed by atoms with Crippen LogP contribution in [0.2, 0.25) is 5.02 Å². The number of hydrogen-bond donors (Lipinski definition) is 3. The number of aliphatic hydroxyl groups excluding tert-OH is 1. The number of aromatic hydroxyl groups is 1. The molecule has 0 unspecified atom stereocenters. The Morgan fingerprint density at radius 3 is 2.61 bits per heavy atom. The van der Waals surface area contributed by atoms with Crippen LogP contribution in [0, 0.1) is 0 Å². The molecule has 0 aliphatic heterocycles. The van der Waals surface area contributed by atoms with E-state index in [4.69, 9.17) is 20.9 Å². The number of rotatable bonds is 6. The third kappa shape index (κ3) is 3.17. The van der Waals surface area contributed by atoms with Gasteiger partial charge in [-0.15, -0.1) is 0 Å². The van der Waals surface area contributed by atoms with Gasteiger partial charge in [0.05, 0.1) is 35.9 Å². The molecule has 2 aromatic carbocycles. The number of fused-ring (bicyclic) bond motifs is 1. The lowest BCUT2D eigenvalue weighted by atomic mass is 9.94. The minimum atomic E-state index is -0.526. The van der Waals surface area contributed by atoms with Gasteiger partial charge in [-0.2, -0.15) is 0 Å². The van der Waals surface area contributed by atoms with Crippen molar-refractivity contribution in [3.05, 3.63) is 64.4 Å². The number of nitrogens with one attached hydrogen (secondary N) is 1. The highest BCUT2D eigenvalue weighted by atomic mass is 35.5. The van der Waals surface area contributed by atoms with Gasteiger partial charge in [-0.05, 0) is 41.3 Å². The number of aliphatic hydroxyl groups is 1. The quantitative estimate of drug-likeness (QED) is 0.384. The fraction of sp³-hybridized carbons (Fsp3) is 0.217. The third-order valence-corrected chi connectivity index (χ3v) is 6.29. The van der Waals surface area contributed by atoms with Crippen LogP contribution in [-0.4, -0.2) is 39.9 Å². The summed E-state index contributed by atoms with van der Waals surface area (Å²) in [7, 11) is 1.42. The van der Waals surface area contributed by atoms with Crippen LogP contribution in [-0.2, 0) is 5.41 Å². The Morgan fingerprint density at radius 1 is 1.26 bits per heavy atom. The van der Waals surface area contributed by atoms with Gasteiger partial charge in [-0.1, -0.05) is 35.9 Å². The van der Waals surface area contributed by atoms with Gasteiger partial charge in [-0.3, -0.25) is 4.79 Å². The van der Waals surface area contributed by atoms with Crippen molar-refractivity contribution in [1.82, 2.24) is 10.1 Å². The molecule has 1 fully saturated rings. The second-order valence-corrected chi connectivity index (χ2v) is 8.21. The van der Waals surface area contributed by atoms with Crippen molar-refractivity contribution in [3.63, 3.8) is 0 Å². The maximum Gasteiger partial charge on any atom is 0.254 e. The van der Waals surface area contributed by atoms with Crippen molar-refractivity contribution >= 4 is 28.3 Å². The molecule has 3 N–H and O–H groups in total. The highest BCUT2D eigenvalue weighted by Gasteiger charge is 2.43. The second-order valence-electron chi connectivity index (χ2n) is 7.80. The molecular formula is C23H19ClN2O5. The molecular weight excluding hydrogens is 420 g/mol. The van der Waals surface area contributed by atoms with E-state index >= 15 is 0 Å². The summed E-state index contributed by atoms with van der Waals surface area (Å²) in [5.41, 5.74) is 3.17. The third-order valence-electron chi connectivity index (χ3n) is 5.98. The van der Waals surface area contributed by atoms with E-state index in [0.717, 1.165) is 29.5 Å². The molecule has 1 aliphatic carbocycles. The number of ether oxygens (including phenoxy) is 1. The first-order valence-electron chi connectivity index (χ1n) is 9.77. The van der Waals surface area contributed by atoms with Crippen LogP contribution in [0.4, 0.5) is 0 Å². The number of halogens is 1. The van der Waals surface area contributed by atoms with Crippen molar-refractivity contribution in [1.29, 1.82) is 0 Å². The largest absolute Gasteiger partial charge is 0.494 e. The zero-order valence-electron chi connectivity index (χ0n) is 16.6. The number of aromatic amines is 1. The maximum absolute atomic E-state index is 13.0. The van der Waals surface area contributed by atoms with Crippen LogP contribution in [0.25, 0.3) is 22.0 Å². The first kappa shape index (κ1) is 19.7. The van der Waals surface area contributed by atoms with Gasteiger partial charge >= 0.3 is 0 Å². The number of ketones is 1. The molecule has 8 heteroatoms. The smallest absolute Gasteiger partial charge is 0.254 e. The fourth-order valence-electron chi connectivity index (χ4n) is 3.93. The zero-order valence-corrected chi connectivity index (χ0v) is 17.4. The van der Waals surface area contributed by atoms with E-state index in [1.807, 2.05) is 24.3 Å². The van der Waals surface area contributed by atoms with Crippen LogP contribution in [0.1, 0.15) is 34.5 Å². The van der Waals surface area contributed by atoms with Crippen LogP contribution < -0.4 is 4.74 Å². The molecule has 2 heterocycles. The topological polar surface area (TPSA) is 109 Å². The lowest BCUT2D eigenvalue weighted by Crippen LogP contribution is -2.11. The minimum Gasteiger partial charge on any atom is -0.494 e. The highest BCUT2D eigenvalue weighted by Crippen LogP contribution is 2.48. The lowest BCUT2D eigenvalue weighted by Gasteiger charge is -2.13. The minimum absolute atomic E-state index is 0.0485. The van der Waals surface area contributed by atoms with Crippen molar-refractivity contribution in [2.24, 2.45) is 0 Å². The van der Waals surface area contributed by atoms with Gasteiger partial charge in [0.1, 0.15) is 0 Å². The number of carbonyl (C=O) groups excluding carboxylic acids is 1. The monoisotopic (exact) mass is 438 g/mol. The lowest BCUT2D eigenvalue weighted by molar-refractivity contribution is 0.0999. The summed E-state index contributed by atoms with van der Waals surface area (Å²) in [5, 5.41) is 24.7. The van der Waals surface area contributed by atoms with E-state index in [9.17, 15) is 15.0 Å². The molecule has 7 nitrogen and oxygen atoms in total. The van der Waals surface area contributed by atoms with Crippen LogP contribution >= 0.6 is 11.6 Å². The van der Waals surface area contributed by atoms with Crippen molar-refractivity contribution < 1.29 is 24.3 Å². The molecule has 0 radical (unpaired) electrons. The summed E-state index contributed by atoms with van der Waals surface area (Å²) in [4.78, 5) is 15.8. The summed E-state index contributed by atoms with van der Waals surface area (Å²) < 4.78 is 10.0. The molecule has 5 rings (SSSR count). The Balaban J connectivity index is 1.58. The molecule has 0 spiro atoms. The van der Waals surface area contributed by atoms with Crippen LogP contribution in [0.5, 0.6) is 11.8 Å². The van der Waals surface area contributed by atoms with Crippen LogP contribution in [0.15, 0.2) is 47.0 Å². The molecule has 31 heavy (non-hydrogen) atoms.